The van der Waals surface area contributed by atoms with Crippen molar-refractivity contribution in [2.45, 2.75) is 37.9 Å². The van der Waals surface area contributed by atoms with Crippen LogP contribution in [-0.2, 0) is 10.9 Å². The first-order chi connectivity index (χ1) is 15.5. The van der Waals surface area contributed by atoms with Crippen LogP contribution in [0.5, 0.6) is 0 Å². The van der Waals surface area contributed by atoms with Gasteiger partial charge in [0.25, 0.3) is 0 Å². The Morgan fingerprint density at radius 1 is 1.09 bits per heavy atom. The molecule has 1 saturated carbocycles. The molecule has 4 heterocycles. The van der Waals surface area contributed by atoms with Crippen LogP contribution in [0.2, 0.25) is 0 Å². The van der Waals surface area contributed by atoms with Crippen molar-refractivity contribution in [3.63, 3.8) is 0 Å². The number of anilines is 1. The highest BCUT2D eigenvalue weighted by Gasteiger charge is 2.42. The van der Waals surface area contributed by atoms with E-state index in [-0.39, 0.29) is 17.6 Å². The van der Waals surface area contributed by atoms with Gasteiger partial charge in [-0.3, -0.25) is 4.98 Å². The maximum atomic E-state index is 13.8. The first-order valence-corrected chi connectivity index (χ1v) is 11.4. The third-order valence-corrected chi connectivity index (χ3v) is 7.08. The molecule has 2 aromatic heterocycles. The number of ether oxygens (including phenoxy) is 1. The van der Waals surface area contributed by atoms with Crippen molar-refractivity contribution in [1.82, 2.24) is 20.1 Å². The number of rotatable bonds is 5. The summed E-state index contributed by atoms with van der Waals surface area (Å²) in [6.45, 7) is 4.92. The van der Waals surface area contributed by atoms with Gasteiger partial charge >= 0.3 is 6.18 Å². The zero-order valence-corrected chi connectivity index (χ0v) is 17.9. The molecule has 32 heavy (non-hydrogen) atoms. The van der Waals surface area contributed by atoms with Crippen LogP contribution < -0.4 is 5.32 Å². The average Bonchev–Trinajstić information content (AvgIpc) is 3.32. The normalized spacial score (nSPS) is 26.9. The Balaban J connectivity index is 1.23. The molecular formula is C23H28F3N5O. The topological polar surface area (TPSA) is 63.2 Å². The van der Waals surface area contributed by atoms with Gasteiger partial charge in [0.05, 0.1) is 5.69 Å². The van der Waals surface area contributed by atoms with E-state index in [0.717, 1.165) is 64.6 Å². The first-order valence-electron chi connectivity index (χ1n) is 11.4. The van der Waals surface area contributed by atoms with Gasteiger partial charge < -0.3 is 15.0 Å². The number of nitrogens with one attached hydrogen (secondary N) is 1. The van der Waals surface area contributed by atoms with Gasteiger partial charge in [-0.15, -0.1) is 10.2 Å². The summed E-state index contributed by atoms with van der Waals surface area (Å²) in [7, 11) is 0. The molecular weight excluding hydrogens is 419 g/mol. The van der Waals surface area contributed by atoms with Crippen molar-refractivity contribution in [2.24, 2.45) is 17.8 Å². The van der Waals surface area contributed by atoms with Crippen LogP contribution in [0.25, 0.3) is 11.3 Å². The molecule has 0 aromatic carbocycles. The number of likely N-dealkylation sites (tertiary alicyclic amines) is 1. The molecule has 6 nitrogen and oxygen atoms in total. The fourth-order valence-corrected chi connectivity index (χ4v) is 5.52. The largest absolute Gasteiger partial charge is 0.420 e. The Kier molecular flexibility index (Phi) is 6.03. The number of alkyl halides is 3. The van der Waals surface area contributed by atoms with E-state index in [0.29, 0.717) is 23.3 Å². The van der Waals surface area contributed by atoms with E-state index in [4.69, 9.17) is 4.74 Å². The lowest BCUT2D eigenvalue weighted by molar-refractivity contribution is -0.137. The first kappa shape index (κ1) is 21.6. The Morgan fingerprint density at radius 2 is 1.84 bits per heavy atom. The van der Waals surface area contributed by atoms with Crippen molar-refractivity contribution in [3.8, 4) is 11.3 Å². The van der Waals surface area contributed by atoms with Gasteiger partial charge in [0.2, 0.25) is 0 Å². The standard InChI is InChI=1S/C23H28F3N5O/c24-23(25,26)20-10-21(16-2-1-5-27-11-16)29-30-22(20)28-19-8-17-13-31(14-18(17)9-19)12-15-3-6-32-7-4-15/h1-2,5,10-11,15,17-19H,3-4,6-9,12-14H2,(H,28,30)/t17-,18+,19-. The Morgan fingerprint density at radius 3 is 2.50 bits per heavy atom. The quantitative estimate of drug-likeness (QED) is 0.745. The van der Waals surface area contributed by atoms with Gasteiger partial charge in [-0.05, 0) is 61.6 Å². The van der Waals surface area contributed by atoms with Gasteiger partial charge in [0.15, 0.2) is 5.82 Å². The van der Waals surface area contributed by atoms with Crippen molar-refractivity contribution in [2.75, 3.05) is 38.2 Å². The summed E-state index contributed by atoms with van der Waals surface area (Å²) >= 11 is 0. The number of aromatic nitrogens is 3. The van der Waals surface area contributed by atoms with Crippen molar-refractivity contribution in [1.29, 1.82) is 0 Å². The predicted octanol–water partition coefficient (Wildman–Crippen LogP) is 4.11. The lowest BCUT2D eigenvalue weighted by Crippen LogP contribution is -2.32. The maximum Gasteiger partial charge on any atom is 0.420 e. The van der Waals surface area contributed by atoms with Crippen LogP contribution in [0.4, 0.5) is 19.0 Å². The number of hydrogen-bond acceptors (Lipinski definition) is 6. The molecule has 1 aliphatic carbocycles. The van der Waals surface area contributed by atoms with Crippen LogP contribution in [0.1, 0.15) is 31.2 Å². The Labute approximate surface area is 185 Å². The minimum Gasteiger partial charge on any atom is -0.381 e. The molecule has 1 N–H and O–H groups in total. The number of nitrogens with zero attached hydrogens (tertiary/aromatic N) is 4. The SMILES string of the molecule is FC(F)(F)c1cc(-c2cccnc2)nnc1N[C@@H]1C[C@@H]2CN(CC3CCOCC3)C[C@@H]2C1. The predicted molar refractivity (Wildman–Crippen MR) is 114 cm³/mol. The molecule has 0 bridgehead atoms. The molecule has 3 aliphatic rings. The molecule has 3 fully saturated rings. The fourth-order valence-electron chi connectivity index (χ4n) is 5.52. The molecule has 0 radical (unpaired) electrons. The monoisotopic (exact) mass is 447 g/mol. The van der Waals surface area contributed by atoms with Crippen LogP contribution in [0.15, 0.2) is 30.6 Å². The lowest BCUT2D eigenvalue weighted by Gasteiger charge is -2.28. The average molecular weight is 448 g/mol. The molecule has 2 aliphatic heterocycles. The zero-order chi connectivity index (χ0) is 22.1. The highest BCUT2D eigenvalue weighted by Crippen LogP contribution is 2.41. The lowest BCUT2D eigenvalue weighted by atomic mass is 10.00. The molecule has 2 saturated heterocycles. The molecule has 0 amide bonds. The summed E-state index contributed by atoms with van der Waals surface area (Å²) < 4.78 is 46.8. The van der Waals surface area contributed by atoms with E-state index in [2.05, 4.69) is 25.4 Å². The summed E-state index contributed by atoms with van der Waals surface area (Å²) in [6, 6.07) is 4.40. The minimum atomic E-state index is -4.51. The number of halogens is 3. The highest BCUT2D eigenvalue weighted by molar-refractivity contribution is 5.61. The van der Waals surface area contributed by atoms with E-state index in [1.807, 2.05) is 0 Å². The van der Waals surface area contributed by atoms with Gasteiger partial charge in [-0.2, -0.15) is 13.2 Å². The third-order valence-electron chi connectivity index (χ3n) is 7.08. The molecule has 9 heteroatoms. The zero-order valence-electron chi connectivity index (χ0n) is 17.9. The summed E-state index contributed by atoms with van der Waals surface area (Å²) in [5, 5.41) is 11.1. The van der Waals surface area contributed by atoms with Crippen molar-refractivity contribution >= 4 is 5.82 Å². The van der Waals surface area contributed by atoms with Crippen LogP contribution >= 0.6 is 0 Å². The number of pyridine rings is 1. The second-order valence-electron chi connectivity index (χ2n) is 9.34. The van der Waals surface area contributed by atoms with Crippen LogP contribution in [-0.4, -0.2) is 59.0 Å². The molecule has 0 unspecified atom stereocenters. The molecule has 5 rings (SSSR count). The summed E-state index contributed by atoms with van der Waals surface area (Å²) in [5.41, 5.74) is -0.0929. The van der Waals surface area contributed by atoms with E-state index < -0.39 is 11.7 Å². The molecule has 172 valence electrons. The Bertz CT molecular complexity index is 906. The summed E-state index contributed by atoms with van der Waals surface area (Å²) in [4.78, 5) is 6.51. The van der Waals surface area contributed by atoms with Crippen molar-refractivity contribution in [3.05, 3.63) is 36.2 Å². The number of hydrogen-bond donors (Lipinski definition) is 1. The maximum absolute atomic E-state index is 13.8. The van der Waals surface area contributed by atoms with Gasteiger partial charge in [-0.25, -0.2) is 0 Å². The third kappa shape index (κ3) is 4.73. The van der Waals surface area contributed by atoms with Crippen LogP contribution in [0, 0.1) is 17.8 Å². The van der Waals surface area contributed by atoms with Gasteiger partial charge in [0.1, 0.15) is 5.56 Å². The smallest absolute Gasteiger partial charge is 0.381 e. The van der Waals surface area contributed by atoms with E-state index in [9.17, 15) is 13.2 Å². The van der Waals surface area contributed by atoms with E-state index >= 15 is 0 Å². The number of fused-ring (bicyclic) bond motifs is 1. The van der Waals surface area contributed by atoms with Crippen LogP contribution in [0.3, 0.4) is 0 Å². The fraction of sp³-hybridized carbons (Fsp3) is 0.609. The van der Waals surface area contributed by atoms with E-state index in [1.165, 1.54) is 6.20 Å². The molecule has 0 spiro atoms. The molecule has 3 atom stereocenters. The van der Waals surface area contributed by atoms with Gasteiger partial charge in [0, 0.05) is 56.8 Å². The van der Waals surface area contributed by atoms with Crippen molar-refractivity contribution < 1.29 is 17.9 Å². The van der Waals surface area contributed by atoms with Gasteiger partial charge in [-0.1, -0.05) is 0 Å². The second-order valence-corrected chi connectivity index (χ2v) is 9.34. The second kappa shape index (κ2) is 8.94. The minimum absolute atomic E-state index is 0.00475. The van der Waals surface area contributed by atoms with E-state index in [1.54, 1.807) is 18.3 Å². The Hall–Kier alpha value is -2.26. The highest BCUT2D eigenvalue weighted by atomic mass is 19.4. The molecule has 2 aromatic rings. The summed E-state index contributed by atoms with van der Waals surface area (Å²) in [6.07, 6.45) is 2.55. The summed E-state index contributed by atoms with van der Waals surface area (Å²) in [5.74, 6) is 1.60.